The van der Waals surface area contributed by atoms with E-state index in [4.69, 9.17) is 0 Å². The quantitative estimate of drug-likeness (QED) is 0.599. The highest BCUT2D eigenvalue weighted by molar-refractivity contribution is 14.1. The Hall–Kier alpha value is 0.220. The van der Waals surface area contributed by atoms with Gasteiger partial charge >= 0.3 is 6.18 Å². The monoisotopic (exact) mass is 364 g/mol. The molecule has 0 aliphatic heterocycles. The topological polar surface area (TPSA) is 0 Å². The third-order valence-corrected chi connectivity index (χ3v) is 3.86. The summed E-state index contributed by atoms with van der Waals surface area (Å²) in [7, 11) is 0. The van der Waals surface area contributed by atoms with Gasteiger partial charge < -0.3 is 0 Å². The minimum atomic E-state index is -4.26. The molecule has 0 heterocycles. The molecule has 1 aromatic rings. The van der Waals surface area contributed by atoms with Crippen molar-refractivity contribution >= 4 is 38.5 Å². The highest BCUT2D eigenvalue weighted by atomic mass is 127. The van der Waals surface area contributed by atoms with Crippen molar-refractivity contribution in [3.05, 3.63) is 31.3 Å². The van der Waals surface area contributed by atoms with Crippen LogP contribution in [0.15, 0.2) is 16.6 Å². The molecule has 0 atom stereocenters. The summed E-state index contributed by atoms with van der Waals surface area (Å²) in [6.07, 6.45) is -4.26. The van der Waals surface area contributed by atoms with Gasteiger partial charge in [0.2, 0.25) is 0 Å². The standard InChI is InChI=1S/C8H5BrF3I/c1-4-2-6(9)7(13)3-5(4)8(10,11)12/h2-3H,1H3. The zero-order valence-electron chi connectivity index (χ0n) is 6.54. The maximum Gasteiger partial charge on any atom is 0.416 e. The molecule has 0 radical (unpaired) electrons. The Morgan fingerprint density at radius 3 is 2.31 bits per heavy atom. The SMILES string of the molecule is Cc1cc(Br)c(I)cc1C(F)(F)F. The zero-order valence-corrected chi connectivity index (χ0v) is 10.3. The van der Waals surface area contributed by atoms with Gasteiger partial charge in [-0.2, -0.15) is 13.2 Å². The lowest BCUT2D eigenvalue weighted by Gasteiger charge is -2.11. The lowest BCUT2D eigenvalue weighted by Crippen LogP contribution is -2.07. The number of hydrogen-bond acceptors (Lipinski definition) is 0. The highest BCUT2D eigenvalue weighted by Crippen LogP contribution is 2.35. The largest absolute Gasteiger partial charge is 0.416 e. The molecule has 13 heavy (non-hydrogen) atoms. The minimum Gasteiger partial charge on any atom is -0.166 e. The van der Waals surface area contributed by atoms with E-state index in [-0.39, 0.29) is 5.56 Å². The molecule has 0 unspecified atom stereocenters. The Morgan fingerprint density at radius 2 is 1.85 bits per heavy atom. The van der Waals surface area contributed by atoms with Crippen LogP contribution in [0.25, 0.3) is 0 Å². The molecule has 0 fully saturated rings. The predicted molar refractivity (Wildman–Crippen MR) is 56.6 cm³/mol. The second kappa shape index (κ2) is 3.76. The van der Waals surface area contributed by atoms with Gasteiger partial charge in [0.05, 0.1) is 5.56 Å². The molecule has 0 N–H and O–H groups in total. The van der Waals surface area contributed by atoms with E-state index in [2.05, 4.69) is 15.9 Å². The van der Waals surface area contributed by atoms with Crippen molar-refractivity contribution in [3.63, 3.8) is 0 Å². The van der Waals surface area contributed by atoms with Crippen LogP contribution < -0.4 is 0 Å². The first-order chi connectivity index (χ1) is 5.82. The van der Waals surface area contributed by atoms with Crippen LogP contribution in [0.2, 0.25) is 0 Å². The van der Waals surface area contributed by atoms with E-state index in [1.807, 2.05) is 22.6 Å². The van der Waals surface area contributed by atoms with Gasteiger partial charge in [-0.05, 0) is 63.1 Å². The van der Waals surface area contributed by atoms with E-state index >= 15 is 0 Å². The Morgan fingerprint density at radius 1 is 1.31 bits per heavy atom. The smallest absolute Gasteiger partial charge is 0.166 e. The van der Waals surface area contributed by atoms with Crippen LogP contribution in [0.3, 0.4) is 0 Å². The number of halogens is 5. The van der Waals surface area contributed by atoms with Crippen LogP contribution >= 0.6 is 38.5 Å². The highest BCUT2D eigenvalue weighted by Gasteiger charge is 2.32. The second-order valence-electron chi connectivity index (χ2n) is 2.58. The van der Waals surface area contributed by atoms with Crippen molar-refractivity contribution in [1.29, 1.82) is 0 Å². The van der Waals surface area contributed by atoms with Crippen molar-refractivity contribution in [2.75, 3.05) is 0 Å². The fourth-order valence-electron chi connectivity index (χ4n) is 0.952. The van der Waals surface area contributed by atoms with E-state index in [0.717, 1.165) is 6.07 Å². The van der Waals surface area contributed by atoms with E-state index in [0.29, 0.717) is 8.04 Å². The minimum absolute atomic E-state index is 0.236. The molecule has 72 valence electrons. The molecule has 0 aliphatic carbocycles. The van der Waals surface area contributed by atoms with Gasteiger partial charge in [0.15, 0.2) is 0 Å². The molecule has 0 saturated carbocycles. The Kier molecular flexibility index (Phi) is 3.27. The summed E-state index contributed by atoms with van der Waals surface area (Å²) in [4.78, 5) is 0. The maximum atomic E-state index is 12.3. The summed E-state index contributed by atoms with van der Waals surface area (Å²) in [6, 6.07) is 2.62. The van der Waals surface area contributed by atoms with Gasteiger partial charge in [-0.1, -0.05) is 0 Å². The average molecular weight is 365 g/mol. The van der Waals surface area contributed by atoms with Gasteiger partial charge in [0.25, 0.3) is 0 Å². The van der Waals surface area contributed by atoms with Crippen molar-refractivity contribution in [3.8, 4) is 0 Å². The Labute approximate surface area is 95.8 Å². The molecule has 0 spiro atoms. The van der Waals surface area contributed by atoms with Gasteiger partial charge in [-0.25, -0.2) is 0 Å². The first-order valence-electron chi connectivity index (χ1n) is 3.35. The molecule has 0 nitrogen and oxygen atoms in total. The van der Waals surface area contributed by atoms with E-state index in [9.17, 15) is 13.2 Å². The van der Waals surface area contributed by atoms with Crippen LogP contribution in [0.4, 0.5) is 13.2 Å². The second-order valence-corrected chi connectivity index (χ2v) is 4.60. The third-order valence-electron chi connectivity index (χ3n) is 1.57. The number of benzene rings is 1. The van der Waals surface area contributed by atoms with Gasteiger partial charge in [-0.15, -0.1) is 0 Å². The molecule has 0 aromatic heterocycles. The summed E-state index contributed by atoms with van der Waals surface area (Å²) in [6.45, 7) is 1.45. The van der Waals surface area contributed by atoms with Crippen molar-refractivity contribution in [1.82, 2.24) is 0 Å². The van der Waals surface area contributed by atoms with Gasteiger partial charge in [0.1, 0.15) is 0 Å². The summed E-state index contributed by atoms with van der Waals surface area (Å²) < 4.78 is 38.3. The molecule has 0 saturated heterocycles. The zero-order chi connectivity index (χ0) is 10.2. The lowest BCUT2D eigenvalue weighted by atomic mass is 10.1. The predicted octanol–water partition coefficient (Wildman–Crippen LogP) is 4.38. The maximum absolute atomic E-state index is 12.3. The van der Waals surface area contributed by atoms with Crippen molar-refractivity contribution in [2.24, 2.45) is 0 Å². The van der Waals surface area contributed by atoms with Gasteiger partial charge in [0, 0.05) is 8.04 Å². The number of hydrogen-bond donors (Lipinski definition) is 0. The number of rotatable bonds is 0. The Bertz CT molecular complexity index is 333. The number of aryl methyl sites for hydroxylation is 1. The number of alkyl halides is 3. The third kappa shape index (κ3) is 2.59. The molecular formula is C8H5BrF3I. The summed E-state index contributed by atoms with van der Waals surface area (Å²) in [5, 5.41) is 0. The van der Waals surface area contributed by atoms with E-state index < -0.39 is 11.7 Å². The van der Waals surface area contributed by atoms with Gasteiger partial charge in [-0.3, -0.25) is 0 Å². The molecule has 5 heteroatoms. The molecule has 0 amide bonds. The van der Waals surface area contributed by atoms with Crippen LogP contribution in [0.5, 0.6) is 0 Å². The molecule has 1 aromatic carbocycles. The summed E-state index contributed by atoms with van der Waals surface area (Å²) in [5.41, 5.74) is -0.333. The van der Waals surface area contributed by atoms with Crippen LogP contribution in [0, 0.1) is 10.5 Å². The van der Waals surface area contributed by atoms with Crippen molar-refractivity contribution in [2.45, 2.75) is 13.1 Å². The molecule has 0 bridgehead atoms. The van der Waals surface area contributed by atoms with Crippen LogP contribution in [-0.4, -0.2) is 0 Å². The fraction of sp³-hybridized carbons (Fsp3) is 0.250. The summed E-state index contributed by atoms with van der Waals surface area (Å²) in [5.74, 6) is 0. The normalized spacial score (nSPS) is 11.8. The Balaban J connectivity index is 3.32. The van der Waals surface area contributed by atoms with E-state index in [1.54, 1.807) is 0 Å². The van der Waals surface area contributed by atoms with Crippen molar-refractivity contribution < 1.29 is 13.2 Å². The first kappa shape index (κ1) is 11.3. The molecular weight excluding hydrogens is 360 g/mol. The molecule has 0 aliphatic rings. The summed E-state index contributed by atoms with van der Waals surface area (Å²) >= 11 is 5.03. The first-order valence-corrected chi connectivity index (χ1v) is 5.22. The van der Waals surface area contributed by atoms with Crippen LogP contribution in [0.1, 0.15) is 11.1 Å². The van der Waals surface area contributed by atoms with E-state index in [1.165, 1.54) is 13.0 Å². The van der Waals surface area contributed by atoms with Crippen LogP contribution in [-0.2, 0) is 6.18 Å². The molecule has 1 rings (SSSR count). The average Bonchev–Trinajstić information content (AvgIpc) is 1.94. The fourth-order valence-corrected chi connectivity index (χ4v) is 1.88. The lowest BCUT2D eigenvalue weighted by molar-refractivity contribution is -0.138.